The Kier molecular flexibility index (Phi) is 2.76. The molecule has 5 nitrogen and oxygen atoms in total. The van der Waals surface area contributed by atoms with E-state index in [1.807, 2.05) is 30.3 Å². The number of hydrogen-bond donors (Lipinski definition) is 1. The van der Waals surface area contributed by atoms with E-state index in [4.69, 9.17) is 0 Å². The molecule has 0 saturated heterocycles. The molecule has 0 unspecified atom stereocenters. The SMILES string of the molecule is Cc1nn(-c2cccc3ncccc23)c(C2CC2)c1C(=O)O. The number of aryl methyl sites for hydroxylation is 1. The van der Waals surface area contributed by atoms with Crippen molar-refractivity contribution in [1.29, 1.82) is 0 Å². The van der Waals surface area contributed by atoms with Gasteiger partial charge in [0.15, 0.2) is 0 Å². The number of carboxylic acid groups (broad SMARTS) is 1. The molecule has 5 heteroatoms. The zero-order valence-electron chi connectivity index (χ0n) is 12.2. The second-order valence-electron chi connectivity index (χ2n) is 5.68. The first-order chi connectivity index (χ1) is 10.7. The zero-order valence-corrected chi connectivity index (χ0v) is 12.2. The fraction of sp³-hybridized carbons (Fsp3) is 0.235. The van der Waals surface area contributed by atoms with Crippen LogP contribution in [0.1, 0.15) is 40.5 Å². The van der Waals surface area contributed by atoms with Gasteiger partial charge >= 0.3 is 5.97 Å². The highest BCUT2D eigenvalue weighted by molar-refractivity contribution is 5.92. The number of aromatic carboxylic acids is 1. The summed E-state index contributed by atoms with van der Waals surface area (Å²) in [6, 6.07) is 9.72. The zero-order chi connectivity index (χ0) is 15.3. The third-order valence-corrected chi connectivity index (χ3v) is 4.12. The van der Waals surface area contributed by atoms with E-state index in [2.05, 4.69) is 10.1 Å². The second kappa shape index (κ2) is 4.66. The minimum atomic E-state index is -0.899. The van der Waals surface area contributed by atoms with Gasteiger partial charge in [-0.3, -0.25) is 4.98 Å². The van der Waals surface area contributed by atoms with Crippen LogP contribution in [0.3, 0.4) is 0 Å². The van der Waals surface area contributed by atoms with Crippen molar-refractivity contribution in [2.24, 2.45) is 0 Å². The monoisotopic (exact) mass is 293 g/mol. The molecule has 0 atom stereocenters. The lowest BCUT2D eigenvalue weighted by atomic mass is 10.1. The Morgan fingerprint density at radius 1 is 1.27 bits per heavy atom. The van der Waals surface area contributed by atoms with Crippen LogP contribution in [0.2, 0.25) is 0 Å². The molecule has 2 heterocycles. The van der Waals surface area contributed by atoms with Crippen LogP contribution in [-0.2, 0) is 0 Å². The summed E-state index contributed by atoms with van der Waals surface area (Å²) in [5, 5.41) is 15.0. The van der Waals surface area contributed by atoms with Gasteiger partial charge in [-0.25, -0.2) is 9.48 Å². The van der Waals surface area contributed by atoms with E-state index in [9.17, 15) is 9.90 Å². The Balaban J connectivity index is 2.03. The quantitative estimate of drug-likeness (QED) is 0.804. The summed E-state index contributed by atoms with van der Waals surface area (Å²) in [4.78, 5) is 16.0. The lowest BCUT2D eigenvalue weighted by Gasteiger charge is -2.10. The van der Waals surface area contributed by atoms with Gasteiger partial charge in [0.2, 0.25) is 0 Å². The minimum absolute atomic E-state index is 0.291. The Bertz CT molecular complexity index is 889. The number of nitrogens with zero attached hydrogens (tertiary/aromatic N) is 3. The number of rotatable bonds is 3. The van der Waals surface area contributed by atoms with E-state index in [0.717, 1.165) is 35.1 Å². The minimum Gasteiger partial charge on any atom is -0.478 e. The molecular formula is C17H15N3O2. The van der Waals surface area contributed by atoms with Crippen LogP contribution in [0.25, 0.3) is 16.6 Å². The number of benzene rings is 1. The van der Waals surface area contributed by atoms with Crippen LogP contribution in [-0.4, -0.2) is 25.8 Å². The Morgan fingerprint density at radius 2 is 2.09 bits per heavy atom. The van der Waals surface area contributed by atoms with Gasteiger partial charge < -0.3 is 5.11 Å². The summed E-state index contributed by atoms with van der Waals surface area (Å²) in [5.74, 6) is -0.608. The molecule has 22 heavy (non-hydrogen) atoms. The molecule has 0 spiro atoms. The van der Waals surface area contributed by atoms with E-state index >= 15 is 0 Å². The lowest BCUT2D eigenvalue weighted by molar-refractivity contribution is 0.0695. The van der Waals surface area contributed by atoms with E-state index in [1.165, 1.54) is 0 Å². The predicted octanol–water partition coefficient (Wildman–Crippen LogP) is 3.30. The highest BCUT2D eigenvalue weighted by atomic mass is 16.4. The van der Waals surface area contributed by atoms with Crippen molar-refractivity contribution in [2.75, 3.05) is 0 Å². The topological polar surface area (TPSA) is 68.0 Å². The van der Waals surface area contributed by atoms with Crippen molar-refractivity contribution in [3.63, 3.8) is 0 Å². The summed E-state index contributed by atoms with van der Waals surface area (Å²) in [5.41, 5.74) is 3.51. The van der Waals surface area contributed by atoms with Crippen LogP contribution in [0.15, 0.2) is 36.5 Å². The highest BCUT2D eigenvalue weighted by Crippen LogP contribution is 2.43. The fourth-order valence-electron chi connectivity index (χ4n) is 3.00. The number of carboxylic acids is 1. The Hall–Kier alpha value is -2.69. The number of carbonyl (C=O) groups is 1. The van der Waals surface area contributed by atoms with E-state index < -0.39 is 5.97 Å². The summed E-state index contributed by atoms with van der Waals surface area (Å²) < 4.78 is 1.81. The molecule has 1 aromatic carbocycles. The van der Waals surface area contributed by atoms with Gasteiger partial charge in [-0.2, -0.15) is 5.10 Å². The molecule has 0 aliphatic heterocycles. The number of fused-ring (bicyclic) bond motifs is 1. The van der Waals surface area contributed by atoms with Crippen molar-refractivity contribution in [2.45, 2.75) is 25.7 Å². The molecule has 1 saturated carbocycles. The van der Waals surface area contributed by atoms with Crippen LogP contribution < -0.4 is 0 Å². The molecule has 1 N–H and O–H groups in total. The van der Waals surface area contributed by atoms with Gasteiger partial charge in [0, 0.05) is 17.5 Å². The van der Waals surface area contributed by atoms with E-state index in [1.54, 1.807) is 17.8 Å². The fourth-order valence-corrected chi connectivity index (χ4v) is 3.00. The average Bonchev–Trinajstić information content (AvgIpc) is 3.29. The first-order valence-electron chi connectivity index (χ1n) is 7.33. The third-order valence-electron chi connectivity index (χ3n) is 4.12. The van der Waals surface area contributed by atoms with Gasteiger partial charge in [-0.05, 0) is 44.0 Å². The summed E-state index contributed by atoms with van der Waals surface area (Å²) in [6.07, 6.45) is 3.80. The van der Waals surface area contributed by atoms with Crippen molar-refractivity contribution in [3.8, 4) is 5.69 Å². The van der Waals surface area contributed by atoms with E-state index in [-0.39, 0.29) is 0 Å². The van der Waals surface area contributed by atoms with Gasteiger partial charge in [-0.15, -0.1) is 0 Å². The van der Waals surface area contributed by atoms with Crippen molar-refractivity contribution < 1.29 is 9.90 Å². The molecular weight excluding hydrogens is 278 g/mol. The third kappa shape index (κ3) is 1.89. The molecule has 1 fully saturated rings. The maximum Gasteiger partial charge on any atom is 0.339 e. The van der Waals surface area contributed by atoms with E-state index in [0.29, 0.717) is 17.2 Å². The first-order valence-corrected chi connectivity index (χ1v) is 7.33. The highest BCUT2D eigenvalue weighted by Gasteiger charge is 2.34. The maximum atomic E-state index is 11.6. The van der Waals surface area contributed by atoms with Crippen molar-refractivity contribution >= 4 is 16.9 Å². The summed E-state index contributed by atoms with van der Waals surface area (Å²) >= 11 is 0. The summed E-state index contributed by atoms with van der Waals surface area (Å²) in [7, 11) is 0. The molecule has 0 bridgehead atoms. The normalized spacial score (nSPS) is 14.4. The molecule has 3 aromatic rings. The molecule has 2 aromatic heterocycles. The summed E-state index contributed by atoms with van der Waals surface area (Å²) in [6.45, 7) is 1.76. The van der Waals surface area contributed by atoms with Crippen molar-refractivity contribution in [1.82, 2.24) is 14.8 Å². The largest absolute Gasteiger partial charge is 0.478 e. The first kappa shape index (κ1) is 13.0. The van der Waals surface area contributed by atoms with Gasteiger partial charge in [0.25, 0.3) is 0 Å². The number of hydrogen-bond acceptors (Lipinski definition) is 3. The molecule has 0 radical (unpaired) electrons. The molecule has 1 aliphatic rings. The maximum absolute atomic E-state index is 11.6. The van der Waals surface area contributed by atoms with Crippen LogP contribution in [0.4, 0.5) is 0 Å². The predicted molar refractivity (Wildman–Crippen MR) is 82.5 cm³/mol. The standard InChI is InChI=1S/C17H15N3O2/c1-10-15(17(21)22)16(11-7-8-11)20(19-10)14-6-2-5-13-12(14)4-3-9-18-13/h2-6,9,11H,7-8H2,1H3,(H,21,22). The van der Waals surface area contributed by atoms with Crippen LogP contribution >= 0.6 is 0 Å². The van der Waals surface area contributed by atoms with Gasteiger partial charge in [-0.1, -0.05) is 6.07 Å². The lowest BCUT2D eigenvalue weighted by Crippen LogP contribution is -2.06. The average molecular weight is 293 g/mol. The second-order valence-corrected chi connectivity index (χ2v) is 5.68. The van der Waals surface area contributed by atoms with Crippen LogP contribution in [0.5, 0.6) is 0 Å². The molecule has 0 amide bonds. The molecule has 1 aliphatic carbocycles. The Labute approximate surface area is 127 Å². The Morgan fingerprint density at radius 3 is 2.82 bits per heavy atom. The van der Waals surface area contributed by atoms with Gasteiger partial charge in [0.05, 0.1) is 22.6 Å². The molecule has 4 rings (SSSR count). The molecule has 110 valence electrons. The van der Waals surface area contributed by atoms with Crippen LogP contribution in [0, 0.1) is 6.92 Å². The number of pyridine rings is 1. The van der Waals surface area contributed by atoms with Gasteiger partial charge in [0.1, 0.15) is 5.56 Å². The number of aromatic nitrogens is 3. The smallest absolute Gasteiger partial charge is 0.339 e. The van der Waals surface area contributed by atoms with Crippen molar-refractivity contribution in [3.05, 3.63) is 53.5 Å².